The van der Waals surface area contributed by atoms with Crippen molar-refractivity contribution in [1.29, 1.82) is 0 Å². The summed E-state index contributed by atoms with van der Waals surface area (Å²) in [6, 6.07) is 4.71. The van der Waals surface area contributed by atoms with Crippen molar-refractivity contribution < 1.29 is 17.7 Å². The fourth-order valence-corrected chi connectivity index (χ4v) is 4.68. The highest BCUT2D eigenvalue weighted by Gasteiger charge is 2.37. The number of pyridine rings is 1. The number of carbonyl (C=O) groups is 1. The van der Waals surface area contributed by atoms with E-state index in [9.17, 15) is 13.2 Å². The van der Waals surface area contributed by atoms with Gasteiger partial charge in [-0.3, -0.25) is 4.98 Å². The van der Waals surface area contributed by atoms with Crippen molar-refractivity contribution in [2.24, 2.45) is 0 Å². The summed E-state index contributed by atoms with van der Waals surface area (Å²) < 4.78 is 31.8. The van der Waals surface area contributed by atoms with E-state index in [1.807, 2.05) is 0 Å². The third-order valence-corrected chi connectivity index (χ3v) is 6.43. The summed E-state index contributed by atoms with van der Waals surface area (Å²) in [5, 5.41) is 6.65. The molecule has 2 aliphatic rings. The smallest absolute Gasteiger partial charge is 0.318 e. The largest absolute Gasteiger partial charge is 0.361 e. The van der Waals surface area contributed by atoms with Crippen molar-refractivity contribution in [3.05, 3.63) is 53.2 Å². The van der Waals surface area contributed by atoms with Crippen LogP contribution >= 0.6 is 0 Å². The lowest BCUT2D eigenvalue weighted by molar-refractivity contribution is 0.207. The molecule has 4 rings (SSSR count). The Morgan fingerprint density at radius 2 is 2.00 bits per heavy atom. The van der Waals surface area contributed by atoms with E-state index in [0.29, 0.717) is 44.2 Å². The van der Waals surface area contributed by atoms with Crippen LogP contribution in [0.5, 0.6) is 0 Å². The number of urea groups is 1. The highest BCUT2D eigenvalue weighted by molar-refractivity contribution is 7.89. The molecule has 0 saturated carbocycles. The monoisotopic (exact) mass is 389 g/mol. The first-order valence-electron chi connectivity index (χ1n) is 8.48. The SMILES string of the molecule is Cc1cc(CNC(=O)N2CC3=C(C2)CN(S(=O)(=O)c2cccnc2)C3)no1. The van der Waals surface area contributed by atoms with Gasteiger partial charge >= 0.3 is 6.03 Å². The minimum atomic E-state index is -3.57. The molecule has 4 heterocycles. The summed E-state index contributed by atoms with van der Waals surface area (Å²) in [6.45, 7) is 3.55. The molecule has 0 saturated heterocycles. The molecular weight excluding hydrogens is 370 g/mol. The van der Waals surface area contributed by atoms with Crippen LogP contribution in [-0.2, 0) is 16.6 Å². The van der Waals surface area contributed by atoms with Gasteiger partial charge in [-0.1, -0.05) is 5.16 Å². The van der Waals surface area contributed by atoms with Crippen LogP contribution in [0.2, 0.25) is 0 Å². The quantitative estimate of drug-likeness (QED) is 0.779. The van der Waals surface area contributed by atoms with E-state index in [4.69, 9.17) is 4.52 Å². The first kappa shape index (κ1) is 17.7. The molecule has 0 aliphatic carbocycles. The van der Waals surface area contributed by atoms with Gasteiger partial charge in [0.2, 0.25) is 10.0 Å². The lowest BCUT2D eigenvalue weighted by Gasteiger charge is -2.22. The zero-order chi connectivity index (χ0) is 19.0. The maximum absolute atomic E-state index is 12.7. The third kappa shape index (κ3) is 3.45. The van der Waals surface area contributed by atoms with Crippen LogP contribution in [0.1, 0.15) is 11.5 Å². The summed E-state index contributed by atoms with van der Waals surface area (Å²) in [5.74, 6) is 0.691. The fraction of sp³-hybridized carbons (Fsp3) is 0.353. The maximum Gasteiger partial charge on any atom is 0.318 e. The van der Waals surface area contributed by atoms with Crippen molar-refractivity contribution in [1.82, 2.24) is 24.7 Å². The van der Waals surface area contributed by atoms with Crippen molar-refractivity contribution in [2.75, 3.05) is 26.2 Å². The zero-order valence-electron chi connectivity index (χ0n) is 14.8. The van der Waals surface area contributed by atoms with Crippen molar-refractivity contribution in [2.45, 2.75) is 18.4 Å². The number of rotatable bonds is 4. The minimum absolute atomic E-state index is 0.184. The fourth-order valence-electron chi connectivity index (χ4n) is 3.29. The van der Waals surface area contributed by atoms with Crippen LogP contribution in [0.15, 0.2) is 51.2 Å². The predicted octanol–water partition coefficient (Wildman–Crippen LogP) is 0.904. The average Bonchev–Trinajstić information content (AvgIpc) is 3.35. The Labute approximate surface area is 156 Å². The van der Waals surface area contributed by atoms with Gasteiger partial charge in [0.25, 0.3) is 0 Å². The number of nitrogens with one attached hydrogen (secondary N) is 1. The van der Waals surface area contributed by atoms with Crippen molar-refractivity contribution in [3.63, 3.8) is 0 Å². The second-order valence-electron chi connectivity index (χ2n) is 6.61. The Morgan fingerprint density at radius 3 is 2.59 bits per heavy atom. The lowest BCUT2D eigenvalue weighted by atomic mass is 10.2. The Balaban J connectivity index is 1.34. The molecule has 0 atom stereocenters. The van der Waals surface area contributed by atoms with Crippen molar-refractivity contribution >= 4 is 16.1 Å². The second kappa shape index (κ2) is 6.78. The van der Waals surface area contributed by atoms with Gasteiger partial charge in [-0.05, 0) is 30.2 Å². The zero-order valence-corrected chi connectivity index (χ0v) is 15.6. The van der Waals surface area contributed by atoms with Crippen LogP contribution < -0.4 is 5.32 Å². The molecule has 9 nitrogen and oxygen atoms in total. The predicted molar refractivity (Wildman–Crippen MR) is 95.1 cm³/mol. The van der Waals surface area contributed by atoms with Crippen LogP contribution in [0, 0.1) is 6.92 Å². The molecule has 1 N–H and O–H groups in total. The summed E-state index contributed by atoms with van der Waals surface area (Å²) in [4.78, 5) is 18.1. The molecule has 10 heteroatoms. The summed E-state index contributed by atoms with van der Waals surface area (Å²) in [5.41, 5.74) is 2.62. The van der Waals surface area contributed by atoms with Crippen LogP contribution in [-0.4, -0.2) is 60.0 Å². The van der Waals surface area contributed by atoms with Gasteiger partial charge < -0.3 is 14.7 Å². The summed E-state index contributed by atoms with van der Waals surface area (Å²) in [6.07, 6.45) is 2.89. The van der Waals surface area contributed by atoms with Gasteiger partial charge in [-0.25, -0.2) is 13.2 Å². The van der Waals surface area contributed by atoms with E-state index < -0.39 is 10.0 Å². The molecule has 0 bridgehead atoms. The average molecular weight is 389 g/mol. The van der Waals surface area contributed by atoms with E-state index >= 15 is 0 Å². The number of aromatic nitrogens is 2. The molecule has 0 spiro atoms. The van der Waals surface area contributed by atoms with E-state index in [1.54, 1.807) is 24.0 Å². The highest BCUT2D eigenvalue weighted by Crippen LogP contribution is 2.29. The number of hydrogen-bond donors (Lipinski definition) is 1. The summed E-state index contributed by atoms with van der Waals surface area (Å²) >= 11 is 0. The van der Waals surface area contributed by atoms with Crippen LogP contribution in [0.25, 0.3) is 0 Å². The number of carbonyl (C=O) groups excluding carboxylic acids is 1. The molecule has 0 unspecified atom stereocenters. The van der Waals surface area contributed by atoms with Gasteiger partial charge in [-0.15, -0.1) is 0 Å². The number of aryl methyl sites for hydroxylation is 1. The number of amides is 2. The van der Waals surface area contributed by atoms with Crippen LogP contribution in [0.3, 0.4) is 0 Å². The number of sulfonamides is 1. The molecule has 2 amide bonds. The molecule has 0 fully saturated rings. The van der Waals surface area contributed by atoms with Gasteiger partial charge in [0, 0.05) is 44.6 Å². The Hall–Kier alpha value is -2.72. The normalized spacial score (nSPS) is 17.4. The molecular formula is C17H19N5O4S. The standard InChI is InChI=1S/C17H19N5O4S/c1-12-5-15(20-26-12)6-19-17(23)21-8-13-10-22(11-14(13)9-21)27(24,25)16-3-2-4-18-7-16/h2-5,7H,6,8-11H2,1H3,(H,19,23). The first-order valence-corrected chi connectivity index (χ1v) is 9.92. The Bertz CT molecular complexity index is 981. The molecule has 0 aromatic carbocycles. The van der Waals surface area contributed by atoms with Gasteiger partial charge in [-0.2, -0.15) is 4.31 Å². The third-order valence-electron chi connectivity index (χ3n) is 4.65. The molecule has 0 radical (unpaired) electrons. The van der Waals surface area contributed by atoms with E-state index in [2.05, 4.69) is 15.5 Å². The number of hydrogen-bond acceptors (Lipinski definition) is 6. The van der Waals surface area contributed by atoms with Gasteiger partial charge in [0.1, 0.15) is 16.3 Å². The first-order chi connectivity index (χ1) is 12.9. The maximum atomic E-state index is 12.7. The topological polar surface area (TPSA) is 109 Å². The van der Waals surface area contributed by atoms with Crippen molar-refractivity contribution in [3.8, 4) is 0 Å². The lowest BCUT2D eigenvalue weighted by Crippen LogP contribution is -2.41. The van der Waals surface area contributed by atoms with Gasteiger partial charge in [0.15, 0.2) is 0 Å². The minimum Gasteiger partial charge on any atom is -0.361 e. The van der Waals surface area contributed by atoms with Crippen LogP contribution in [0.4, 0.5) is 4.79 Å². The Morgan fingerprint density at radius 1 is 1.26 bits per heavy atom. The molecule has 27 heavy (non-hydrogen) atoms. The summed E-state index contributed by atoms with van der Waals surface area (Å²) in [7, 11) is -3.57. The molecule has 142 valence electrons. The van der Waals surface area contributed by atoms with E-state index in [1.165, 1.54) is 22.8 Å². The second-order valence-corrected chi connectivity index (χ2v) is 8.55. The Kier molecular flexibility index (Phi) is 4.44. The number of nitrogens with zero attached hydrogens (tertiary/aromatic N) is 4. The molecule has 2 aliphatic heterocycles. The van der Waals surface area contributed by atoms with E-state index in [-0.39, 0.29) is 10.9 Å². The highest BCUT2D eigenvalue weighted by atomic mass is 32.2. The molecule has 2 aromatic heterocycles. The van der Waals surface area contributed by atoms with Gasteiger partial charge in [0.05, 0.1) is 6.54 Å². The molecule has 2 aromatic rings. The van der Waals surface area contributed by atoms with E-state index in [0.717, 1.165) is 11.1 Å².